The Bertz CT molecular complexity index is 256. The summed E-state index contributed by atoms with van der Waals surface area (Å²) in [7, 11) is -3.21. The molecule has 0 spiro atoms. The Kier molecular flexibility index (Phi) is 7.64. The highest BCUT2D eigenvalue weighted by atomic mass is 32.2. The number of hydrogen-bond donors (Lipinski definition) is 2. The summed E-state index contributed by atoms with van der Waals surface area (Å²) in [5.41, 5.74) is 0. The van der Waals surface area contributed by atoms with Crippen molar-refractivity contribution in [3.63, 3.8) is 0 Å². The van der Waals surface area contributed by atoms with Crippen molar-refractivity contribution in [1.82, 2.24) is 4.72 Å². The predicted octanol–water partition coefficient (Wildman–Crippen LogP) is 0.890. The second kappa shape index (κ2) is 7.84. The van der Waals surface area contributed by atoms with Crippen molar-refractivity contribution >= 4 is 10.0 Å². The maximum absolute atomic E-state index is 11.3. The van der Waals surface area contributed by atoms with E-state index < -0.39 is 10.0 Å². The largest absolute Gasteiger partial charge is 0.396 e. The van der Waals surface area contributed by atoms with Gasteiger partial charge in [-0.1, -0.05) is 19.4 Å². The first-order valence-electron chi connectivity index (χ1n) is 5.24. The third kappa shape index (κ3) is 7.53. The van der Waals surface area contributed by atoms with E-state index in [2.05, 4.69) is 11.3 Å². The minimum Gasteiger partial charge on any atom is -0.396 e. The fourth-order valence-corrected chi connectivity index (χ4v) is 2.32. The van der Waals surface area contributed by atoms with Gasteiger partial charge in [0.25, 0.3) is 0 Å². The van der Waals surface area contributed by atoms with Gasteiger partial charge in [0.05, 0.1) is 5.75 Å². The summed E-state index contributed by atoms with van der Waals surface area (Å²) in [6.07, 6.45) is 3.93. The molecule has 0 rings (SSSR count). The van der Waals surface area contributed by atoms with Crippen LogP contribution in [0.3, 0.4) is 0 Å². The second-order valence-electron chi connectivity index (χ2n) is 3.59. The molecule has 0 aromatic heterocycles. The number of aliphatic hydroxyl groups excluding tert-OH is 1. The summed E-state index contributed by atoms with van der Waals surface area (Å²) in [4.78, 5) is 0. The lowest BCUT2D eigenvalue weighted by atomic mass is 10.0. The molecule has 0 fully saturated rings. The van der Waals surface area contributed by atoms with Gasteiger partial charge in [0, 0.05) is 13.2 Å². The lowest BCUT2D eigenvalue weighted by Crippen LogP contribution is -2.31. The van der Waals surface area contributed by atoms with Gasteiger partial charge in [-0.3, -0.25) is 0 Å². The van der Waals surface area contributed by atoms with Crippen LogP contribution in [0.15, 0.2) is 12.7 Å². The number of aliphatic hydroxyl groups is 1. The number of nitrogens with one attached hydrogen (secondary N) is 1. The smallest absolute Gasteiger partial charge is 0.215 e. The zero-order valence-corrected chi connectivity index (χ0v) is 10.1. The summed E-state index contributed by atoms with van der Waals surface area (Å²) in [6, 6.07) is 0. The summed E-state index contributed by atoms with van der Waals surface area (Å²) in [5, 5.41) is 8.80. The van der Waals surface area contributed by atoms with Gasteiger partial charge in [-0.05, 0) is 18.8 Å². The van der Waals surface area contributed by atoms with E-state index in [-0.39, 0.29) is 18.3 Å². The Balaban J connectivity index is 4.02. The SMILES string of the molecule is C=CCS(=O)(=O)NCC(CCC)CCO. The Morgan fingerprint density at radius 2 is 2.13 bits per heavy atom. The van der Waals surface area contributed by atoms with Crippen LogP contribution in [0.2, 0.25) is 0 Å². The number of rotatable bonds is 9. The van der Waals surface area contributed by atoms with E-state index >= 15 is 0 Å². The first-order chi connectivity index (χ1) is 7.05. The van der Waals surface area contributed by atoms with Crippen LogP contribution in [0.25, 0.3) is 0 Å². The Labute approximate surface area is 92.4 Å². The molecule has 0 radical (unpaired) electrons. The van der Waals surface area contributed by atoms with Gasteiger partial charge >= 0.3 is 0 Å². The highest BCUT2D eigenvalue weighted by molar-refractivity contribution is 7.89. The average molecular weight is 235 g/mol. The van der Waals surface area contributed by atoms with Crippen molar-refractivity contribution in [1.29, 1.82) is 0 Å². The van der Waals surface area contributed by atoms with Gasteiger partial charge in [-0.2, -0.15) is 0 Å². The van der Waals surface area contributed by atoms with Crippen LogP contribution in [0.4, 0.5) is 0 Å². The molecule has 15 heavy (non-hydrogen) atoms. The quantitative estimate of drug-likeness (QED) is 0.583. The molecular formula is C10H21NO3S. The Morgan fingerprint density at radius 1 is 1.47 bits per heavy atom. The van der Waals surface area contributed by atoms with Crippen molar-refractivity contribution in [3.8, 4) is 0 Å². The first kappa shape index (κ1) is 14.6. The van der Waals surface area contributed by atoms with Crippen LogP contribution in [0, 0.1) is 5.92 Å². The lowest BCUT2D eigenvalue weighted by molar-refractivity contribution is 0.251. The lowest BCUT2D eigenvalue weighted by Gasteiger charge is -2.15. The molecule has 4 nitrogen and oxygen atoms in total. The molecule has 0 heterocycles. The van der Waals surface area contributed by atoms with Crippen LogP contribution in [-0.2, 0) is 10.0 Å². The number of hydrogen-bond acceptors (Lipinski definition) is 3. The van der Waals surface area contributed by atoms with E-state index in [0.717, 1.165) is 12.8 Å². The molecule has 1 atom stereocenters. The molecule has 0 aliphatic rings. The molecule has 90 valence electrons. The van der Waals surface area contributed by atoms with Gasteiger partial charge in [-0.15, -0.1) is 6.58 Å². The van der Waals surface area contributed by atoms with Gasteiger partial charge < -0.3 is 5.11 Å². The normalized spacial score (nSPS) is 13.7. The molecule has 0 aromatic rings. The minimum atomic E-state index is -3.21. The minimum absolute atomic E-state index is 0.0506. The standard InChI is InChI=1S/C10H21NO3S/c1-3-5-10(6-7-12)9-11-15(13,14)8-4-2/h4,10-12H,2-3,5-9H2,1H3. The fourth-order valence-electron chi connectivity index (χ4n) is 1.40. The molecule has 0 aromatic carbocycles. The predicted molar refractivity (Wildman–Crippen MR) is 62.1 cm³/mol. The average Bonchev–Trinajstić information content (AvgIpc) is 2.15. The highest BCUT2D eigenvalue weighted by Gasteiger charge is 2.12. The van der Waals surface area contributed by atoms with E-state index in [9.17, 15) is 8.42 Å². The summed E-state index contributed by atoms with van der Waals surface area (Å²) in [6.45, 7) is 5.94. The second-order valence-corrected chi connectivity index (χ2v) is 5.44. The Hall–Kier alpha value is -0.390. The molecule has 0 saturated carbocycles. The van der Waals surface area contributed by atoms with E-state index in [4.69, 9.17) is 5.11 Å². The molecule has 0 amide bonds. The molecule has 0 saturated heterocycles. The van der Waals surface area contributed by atoms with Crippen molar-refractivity contribution in [2.75, 3.05) is 18.9 Å². The Morgan fingerprint density at radius 3 is 2.60 bits per heavy atom. The van der Waals surface area contributed by atoms with Gasteiger partial charge in [0.1, 0.15) is 0 Å². The summed E-state index contributed by atoms with van der Waals surface area (Å²) in [5.74, 6) is 0.171. The van der Waals surface area contributed by atoms with E-state index in [1.807, 2.05) is 6.92 Å². The molecule has 2 N–H and O–H groups in total. The van der Waals surface area contributed by atoms with Crippen LogP contribution < -0.4 is 4.72 Å². The summed E-state index contributed by atoms with van der Waals surface area (Å²) < 4.78 is 25.1. The van der Waals surface area contributed by atoms with Crippen LogP contribution >= 0.6 is 0 Å². The van der Waals surface area contributed by atoms with Crippen LogP contribution in [0.5, 0.6) is 0 Å². The van der Waals surface area contributed by atoms with Gasteiger partial charge in [0.15, 0.2) is 0 Å². The molecule has 0 bridgehead atoms. The third-order valence-corrected chi connectivity index (χ3v) is 3.44. The van der Waals surface area contributed by atoms with Gasteiger partial charge in [0.2, 0.25) is 10.0 Å². The molecule has 0 aliphatic carbocycles. The molecule has 0 aliphatic heterocycles. The zero-order valence-electron chi connectivity index (χ0n) is 9.28. The van der Waals surface area contributed by atoms with Crippen molar-refractivity contribution in [2.45, 2.75) is 26.2 Å². The zero-order chi connectivity index (χ0) is 11.7. The number of sulfonamides is 1. The molecular weight excluding hydrogens is 214 g/mol. The molecule has 5 heteroatoms. The van der Waals surface area contributed by atoms with Crippen molar-refractivity contribution < 1.29 is 13.5 Å². The van der Waals surface area contributed by atoms with E-state index in [1.54, 1.807) is 0 Å². The van der Waals surface area contributed by atoms with Crippen molar-refractivity contribution in [3.05, 3.63) is 12.7 Å². The van der Waals surface area contributed by atoms with Crippen LogP contribution in [-0.4, -0.2) is 32.4 Å². The highest BCUT2D eigenvalue weighted by Crippen LogP contribution is 2.09. The van der Waals surface area contributed by atoms with E-state index in [1.165, 1.54) is 6.08 Å². The summed E-state index contributed by atoms with van der Waals surface area (Å²) >= 11 is 0. The molecule has 1 unspecified atom stereocenters. The van der Waals surface area contributed by atoms with Crippen molar-refractivity contribution in [2.24, 2.45) is 5.92 Å². The van der Waals surface area contributed by atoms with E-state index in [0.29, 0.717) is 13.0 Å². The monoisotopic (exact) mass is 235 g/mol. The van der Waals surface area contributed by atoms with Crippen LogP contribution in [0.1, 0.15) is 26.2 Å². The maximum Gasteiger partial charge on any atom is 0.215 e. The fraction of sp³-hybridized carbons (Fsp3) is 0.800. The third-order valence-electron chi connectivity index (χ3n) is 2.16. The van der Waals surface area contributed by atoms with Gasteiger partial charge in [-0.25, -0.2) is 13.1 Å². The topological polar surface area (TPSA) is 66.4 Å². The maximum atomic E-state index is 11.3. The first-order valence-corrected chi connectivity index (χ1v) is 6.90.